The van der Waals surface area contributed by atoms with Crippen molar-refractivity contribution in [2.24, 2.45) is 0 Å². The van der Waals surface area contributed by atoms with E-state index in [0.717, 1.165) is 5.69 Å². The van der Waals surface area contributed by atoms with Gasteiger partial charge in [-0.05, 0) is 22.4 Å². The Morgan fingerprint density at radius 2 is 1.27 bits per heavy atom. The number of aromatic nitrogens is 1. The van der Waals surface area contributed by atoms with Crippen molar-refractivity contribution in [3.05, 3.63) is 72.9 Å². The molecule has 0 spiro atoms. The van der Waals surface area contributed by atoms with Crippen LogP contribution in [-0.2, 0) is 0 Å². The molecule has 1 aromatic heterocycles. The summed E-state index contributed by atoms with van der Waals surface area (Å²) in [6.45, 7) is 7.12. The number of rotatable bonds is 3. The van der Waals surface area contributed by atoms with E-state index in [1.165, 1.54) is 21.9 Å². The lowest BCUT2D eigenvalue weighted by atomic mass is 10.0. The fourth-order valence-electron chi connectivity index (χ4n) is 2.68. The minimum atomic E-state index is -1.45. The van der Waals surface area contributed by atoms with Crippen LogP contribution in [0.15, 0.2) is 72.9 Å². The minimum absolute atomic E-state index is 1.04. The molecule has 0 aliphatic carbocycles. The van der Waals surface area contributed by atoms with E-state index in [-0.39, 0.29) is 0 Å². The number of nitrogens with zero attached hydrogens (tertiary/aromatic N) is 1. The van der Waals surface area contributed by atoms with Crippen molar-refractivity contribution in [3.63, 3.8) is 0 Å². The predicted octanol–water partition coefficient (Wildman–Crippen LogP) is 4.96. The third-order valence-corrected chi connectivity index (χ3v) is 5.88. The topological polar surface area (TPSA) is 12.9 Å². The van der Waals surface area contributed by atoms with Gasteiger partial charge in [-0.1, -0.05) is 80.3 Å². The van der Waals surface area contributed by atoms with Crippen LogP contribution in [0, 0.1) is 0 Å². The van der Waals surface area contributed by atoms with Crippen LogP contribution in [-0.4, -0.2) is 13.1 Å². The van der Waals surface area contributed by atoms with Gasteiger partial charge in [-0.2, -0.15) is 0 Å². The maximum absolute atomic E-state index is 4.74. The second-order valence-electron chi connectivity index (χ2n) is 6.60. The van der Waals surface area contributed by atoms with Crippen molar-refractivity contribution >= 4 is 13.3 Å². The normalized spacial score (nSPS) is 11.4. The summed E-state index contributed by atoms with van der Waals surface area (Å²) in [4.78, 5) is 4.74. The first-order valence-corrected chi connectivity index (χ1v) is 11.2. The minimum Gasteiger partial charge on any atom is -0.256 e. The van der Waals surface area contributed by atoms with Gasteiger partial charge in [0.15, 0.2) is 0 Å². The predicted molar refractivity (Wildman–Crippen MR) is 98.1 cm³/mol. The highest BCUT2D eigenvalue weighted by atomic mass is 28.3. The molecule has 22 heavy (non-hydrogen) atoms. The first-order chi connectivity index (χ1) is 10.6. The fraction of sp³-hybridized carbons (Fsp3) is 0.150. The molecule has 2 heteroatoms. The van der Waals surface area contributed by atoms with Crippen molar-refractivity contribution < 1.29 is 0 Å². The fourth-order valence-corrected chi connectivity index (χ4v) is 4.15. The second-order valence-corrected chi connectivity index (χ2v) is 11.6. The summed E-state index contributed by atoms with van der Waals surface area (Å²) in [5.41, 5.74) is 4.82. The Morgan fingerprint density at radius 3 is 1.82 bits per heavy atom. The highest BCUT2D eigenvalue weighted by molar-refractivity contribution is 6.89. The summed E-state index contributed by atoms with van der Waals surface area (Å²) in [6, 6.07) is 23.3. The van der Waals surface area contributed by atoms with Crippen LogP contribution in [0.5, 0.6) is 0 Å². The Bertz CT molecular complexity index is 759. The molecule has 1 heterocycles. The maximum Gasteiger partial charge on any atom is 0.0804 e. The first-order valence-electron chi connectivity index (χ1n) is 7.67. The van der Waals surface area contributed by atoms with E-state index in [1.807, 2.05) is 6.07 Å². The molecule has 0 saturated heterocycles. The molecule has 0 saturated carbocycles. The average molecular weight is 303 g/mol. The second kappa shape index (κ2) is 5.89. The van der Waals surface area contributed by atoms with Gasteiger partial charge >= 0.3 is 0 Å². The zero-order valence-corrected chi connectivity index (χ0v) is 14.4. The Morgan fingerprint density at radius 1 is 0.727 bits per heavy atom. The Balaban J connectivity index is 2.20. The van der Waals surface area contributed by atoms with Gasteiger partial charge in [-0.15, -0.1) is 0 Å². The molecule has 110 valence electrons. The summed E-state index contributed by atoms with van der Waals surface area (Å²) in [7, 11) is -1.45. The zero-order chi connectivity index (χ0) is 15.6. The van der Waals surface area contributed by atoms with Gasteiger partial charge in [0.2, 0.25) is 0 Å². The molecule has 0 fully saturated rings. The third kappa shape index (κ3) is 3.02. The SMILES string of the molecule is C[Si](C)(C)c1cnc(-c2ccccc2)cc1-c1ccccc1. The molecule has 0 aliphatic heterocycles. The van der Waals surface area contributed by atoms with Gasteiger partial charge in [0, 0.05) is 11.8 Å². The van der Waals surface area contributed by atoms with Crippen LogP contribution in [0.25, 0.3) is 22.4 Å². The highest BCUT2D eigenvalue weighted by Gasteiger charge is 2.22. The van der Waals surface area contributed by atoms with Crippen molar-refractivity contribution in [1.29, 1.82) is 0 Å². The molecule has 0 unspecified atom stereocenters. The molecule has 0 aliphatic rings. The molecule has 2 aromatic carbocycles. The molecule has 0 bridgehead atoms. The summed E-state index contributed by atoms with van der Waals surface area (Å²) in [6.07, 6.45) is 2.09. The lowest BCUT2D eigenvalue weighted by Crippen LogP contribution is -2.39. The molecule has 0 N–H and O–H groups in total. The number of hydrogen-bond donors (Lipinski definition) is 0. The van der Waals surface area contributed by atoms with Gasteiger partial charge in [0.1, 0.15) is 0 Å². The third-order valence-electron chi connectivity index (χ3n) is 3.87. The molecule has 0 radical (unpaired) electrons. The van der Waals surface area contributed by atoms with E-state index in [0.29, 0.717) is 0 Å². The first kappa shape index (κ1) is 14.7. The highest BCUT2D eigenvalue weighted by Crippen LogP contribution is 2.25. The van der Waals surface area contributed by atoms with Gasteiger partial charge < -0.3 is 0 Å². The largest absolute Gasteiger partial charge is 0.256 e. The van der Waals surface area contributed by atoms with Crippen LogP contribution in [0.1, 0.15) is 0 Å². The number of pyridine rings is 1. The van der Waals surface area contributed by atoms with Crippen LogP contribution in [0.4, 0.5) is 0 Å². The van der Waals surface area contributed by atoms with Crippen LogP contribution in [0.3, 0.4) is 0 Å². The van der Waals surface area contributed by atoms with Gasteiger partial charge in [0.05, 0.1) is 13.8 Å². The van der Waals surface area contributed by atoms with Crippen molar-refractivity contribution in [3.8, 4) is 22.4 Å². The quantitative estimate of drug-likeness (QED) is 0.623. The van der Waals surface area contributed by atoms with Crippen molar-refractivity contribution in [2.45, 2.75) is 19.6 Å². The van der Waals surface area contributed by atoms with E-state index < -0.39 is 8.07 Å². The molecule has 0 atom stereocenters. The Labute approximate surface area is 133 Å². The summed E-state index contributed by atoms with van der Waals surface area (Å²) >= 11 is 0. The molecule has 1 nitrogen and oxygen atoms in total. The summed E-state index contributed by atoms with van der Waals surface area (Å²) in [5, 5.41) is 1.42. The van der Waals surface area contributed by atoms with Crippen LogP contribution in [0.2, 0.25) is 19.6 Å². The van der Waals surface area contributed by atoms with E-state index in [1.54, 1.807) is 0 Å². The average Bonchev–Trinajstić information content (AvgIpc) is 2.55. The van der Waals surface area contributed by atoms with Crippen molar-refractivity contribution in [2.75, 3.05) is 0 Å². The standard InChI is InChI=1S/C20H21NSi/c1-22(2,3)20-15-21-19(17-12-8-5-9-13-17)14-18(20)16-10-6-4-7-11-16/h4-15H,1-3H3. The van der Waals surface area contributed by atoms with E-state index in [2.05, 4.69) is 86.5 Å². The number of hydrogen-bond acceptors (Lipinski definition) is 1. The van der Waals surface area contributed by atoms with Gasteiger partial charge in [-0.3, -0.25) is 4.98 Å². The lowest BCUT2D eigenvalue weighted by Gasteiger charge is -2.21. The molecular weight excluding hydrogens is 282 g/mol. The van der Waals surface area contributed by atoms with Crippen molar-refractivity contribution in [1.82, 2.24) is 4.98 Å². The maximum atomic E-state index is 4.74. The number of benzene rings is 2. The van der Waals surface area contributed by atoms with Gasteiger partial charge in [-0.25, -0.2) is 0 Å². The lowest BCUT2D eigenvalue weighted by molar-refractivity contribution is 1.34. The zero-order valence-electron chi connectivity index (χ0n) is 13.4. The monoisotopic (exact) mass is 303 g/mol. The summed E-state index contributed by atoms with van der Waals surface area (Å²) < 4.78 is 0. The van der Waals surface area contributed by atoms with E-state index in [4.69, 9.17) is 4.98 Å². The smallest absolute Gasteiger partial charge is 0.0804 e. The molecule has 3 rings (SSSR count). The summed E-state index contributed by atoms with van der Waals surface area (Å²) in [5.74, 6) is 0. The molecule has 3 aromatic rings. The van der Waals surface area contributed by atoms with E-state index in [9.17, 15) is 0 Å². The molecule has 0 amide bonds. The van der Waals surface area contributed by atoms with Crippen LogP contribution < -0.4 is 5.19 Å². The molecular formula is C20H21NSi. The van der Waals surface area contributed by atoms with E-state index >= 15 is 0 Å². The van der Waals surface area contributed by atoms with Gasteiger partial charge in [0.25, 0.3) is 0 Å². The van der Waals surface area contributed by atoms with Crippen LogP contribution >= 0.6 is 0 Å². The Hall–Kier alpha value is -2.19. The Kier molecular flexibility index (Phi) is 3.95.